The van der Waals surface area contributed by atoms with Gasteiger partial charge in [0.2, 0.25) is 0 Å². The van der Waals surface area contributed by atoms with Crippen molar-refractivity contribution in [1.29, 1.82) is 5.26 Å². The zero-order valence-electron chi connectivity index (χ0n) is 16.6. The Bertz CT molecular complexity index is 1190. The summed E-state index contributed by atoms with van der Waals surface area (Å²) in [5, 5.41) is 19.0. The van der Waals surface area contributed by atoms with Crippen molar-refractivity contribution < 1.29 is 4.74 Å². The fourth-order valence-electron chi connectivity index (χ4n) is 4.16. The smallest absolute Gasteiger partial charge is 0.263 e. The van der Waals surface area contributed by atoms with Crippen LogP contribution < -0.4 is 5.56 Å². The highest BCUT2D eigenvalue weighted by atomic mass is 32.2. The van der Waals surface area contributed by atoms with Crippen LogP contribution in [0.25, 0.3) is 10.2 Å². The number of aryl methyl sites for hydroxylation is 1. The Morgan fingerprint density at radius 3 is 3.00 bits per heavy atom. The van der Waals surface area contributed by atoms with Crippen LogP contribution in [-0.4, -0.2) is 32.5 Å². The van der Waals surface area contributed by atoms with E-state index in [0.29, 0.717) is 22.6 Å². The van der Waals surface area contributed by atoms with Gasteiger partial charge < -0.3 is 4.74 Å². The van der Waals surface area contributed by atoms with Crippen molar-refractivity contribution in [2.45, 2.75) is 61.9 Å². The zero-order chi connectivity index (χ0) is 20.7. The zero-order valence-corrected chi connectivity index (χ0v) is 18.3. The molecule has 2 unspecified atom stereocenters. The summed E-state index contributed by atoms with van der Waals surface area (Å²) in [5.74, 6) is 0.641. The number of nitriles is 1. The summed E-state index contributed by atoms with van der Waals surface area (Å²) < 4.78 is 7.57. The fourth-order valence-corrected chi connectivity index (χ4v) is 6.40. The van der Waals surface area contributed by atoms with Gasteiger partial charge in [0.1, 0.15) is 15.9 Å². The first-order valence-corrected chi connectivity index (χ1v) is 11.8. The molecule has 1 aliphatic carbocycles. The maximum Gasteiger partial charge on any atom is 0.263 e. The maximum atomic E-state index is 13.6. The molecule has 3 aromatic rings. The lowest BCUT2D eigenvalue weighted by molar-refractivity contribution is 0.0937. The molecule has 0 spiro atoms. The van der Waals surface area contributed by atoms with Gasteiger partial charge in [-0.15, -0.1) is 21.5 Å². The van der Waals surface area contributed by atoms with E-state index in [9.17, 15) is 4.79 Å². The maximum absolute atomic E-state index is 13.6. The predicted molar refractivity (Wildman–Crippen MR) is 115 cm³/mol. The molecular weight excluding hydrogens is 418 g/mol. The van der Waals surface area contributed by atoms with E-state index >= 15 is 0 Å². The summed E-state index contributed by atoms with van der Waals surface area (Å²) in [4.78, 5) is 20.6. The van der Waals surface area contributed by atoms with Gasteiger partial charge in [0.15, 0.2) is 10.9 Å². The number of aromatic nitrogens is 4. The number of hydrogen-bond donors (Lipinski definition) is 0. The Morgan fingerprint density at radius 2 is 2.27 bits per heavy atom. The lowest BCUT2D eigenvalue weighted by Gasteiger charge is -2.18. The Balaban J connectivity index is 1.61. The number of hydrogen-bond acceptors (Lipinski definition) is 8. The van der Waals surface area contributed by atoms with Crippen LogP contribution in [0.5, 0.6) is 0 Å². The number of fused-ring (bicyclic) bond motifs is 3. The predicted octanol–water partition coefficient (Wildman–Crippen LogP) is 3.57. The average Bonchev–Trinajstić information content (AvgIpc) is 3.38. The molecule has 7 nitrogen and oxygen atoms in total. The molecule has 0 bridgehead atoms. The van der Waals surface area contributed by atoms with Gasteiger partial charge in [0, 0.05) is 11.5 Å². The minimum atomic E-state index is 0.0201. The molecule has 4 heterocycles. The molecule has 1 saturated heterocycles. The van der Waals surface area contributed by atoms with Crippen molar-refractivity contribution in [1.82, 2.24) is 19.7 Å². The van der Waals surface area contributed by atoms with Gasteiger partial charge in [-0.25, -0.2) is 4.98 Å². The lowest BCUT2D eigenvalue weighted by Crippen LogP contribution is -2.29. The van der Waals surface area contributed by atoms with E-state index in [1.807, 2.05) is 6.07 Å². The number of ether oxygens (including phenoxy) is 1. The molecule has 2 atom stereocenters. The quantitative estimate of drug-likeness (QED) is 0.574. The van der Waals surface area contributed by atoms with Gasteiger partial charge >= 0.3 is 0 Å². The van der Waals surface area contributed by atoms with E-state index in [0.717, 1.165) is 48.9 Å². The molecule has 0 aromatic carbocycles. The van der Waals surface area contributed by atoms with Crippen LogP contribution in [0.1, 0.15) is 42.3 Å². The van der Waals surface area contributed by atoms with Crippen molar-refractivity contribution in [2.75, 3.05) is 6.61 Å². The molecule has 0 radical (unpaired) electrons. The lowest BCUT2D eigenvalue weighted by atomic mass is 9.89. The summed E-state index contributed by atoms with van der Waals surface area (Å²) in [5.41, 5.74) is 1.48. The second kappa shape index (κ2) is 8.10. The Kier molecular flexibility index (Phi) is 5.31. The van der Waals surface area contributed by atoms with Crippen LogP contribution in [0.2, 0.25) is 0 Å². The highest BCUT2D eigenvalue weighted by Crippen LogP contribution is 2.37. The topological polar surface area (TPSA) is 93.7 Å². The molecule has 5 rings (SSSR count). The van der Waals surface area contributed by atoms with Gasteiger partial charge in [-0.05, 0) is 67.5 Å². The van der Waals surface area contributed by atoms with E-state index in [1.54, 1.807) is 28.0 Å². The van der Waals surface area contributed by atoms with Crippen LogP contribution in [0.3, 0.4) is 0 Å². The standard InChI is InChI=1S/C21H21N5O2S2/c1-12-4-6-15-16(9-12)29-19-18(15)20(27)26(11-14-3-2-8-28-14)21(23-19)30-17-7-5-13(10-22)24-25-17/h5,7,12,14H,2-4,6,8-9,11H2,1H3. The van der Waals surface area contributed by atoms with Gasteiger partial charge in [-0.2, -0.15) is 5.26 Å². The molecular formula is C21H21N5O2S2. The average molecular weight is 440 g/mol. The molecule has 2 aliphatic rings. The van der Waals surface area contributed by atoms with Crippen molar-refractivity contribution in [2.24, 2.45) is 5.92 Å². The minimum absolute atomic E-state index is 0.0201. The first-order valence-electron chi connectivity index (χ1n) is 10.2. The molecule has 154 valence electrons. The molecule has 1 aliphatic heterocycles. The highest BCUT2D eigenvalue weighted by Gasteiger charge is 2.26. The monoisotopic (exact) mass is 439 g/mol. The largest absolute Gasteiger partial charge is 0.376 e. The molecule has 1 fully saturated rings. The third-order valence-electron chi connectivity index (χ3n) is 5.74. The second-order valence-electron chi connectivity index (χ2n) is 7.95. The normalized spacial score (nSPS) is 20.9. The molecule has 3 aromatic heterocycles. The van der Waals surface area contributed by atoms with Crippen molar-refractivity contribution >= 4 is 33.3 Å². The van der Waals surface area contributed by atoms with E-state index in [4.69, 9.17) is 15.0 Å². The summed E-state index contributed by atoms with van der Waals surface area (Å²) in [7, 11) is 0. The third-order valence-corrected chi connectivity index (χ3v) is 7.81. The Labute approximate surface area is 182 Å². The van der Waals surface area contributed by atoms with Crippen LogP contribution in [-0.2, 0) is 24.1 Å². The van der Waals surface area contributed by atoms with Crippen molar-refractivity contribution in [3.05, 3.63) is 38.6 Å². The van der Waals surface area contributed by atoms with Crippen LogP contribution in [0.15, 0.2) is 27.1 Å². The van der Waals surface area contributed by atoms with E-state index < -0.39 is 0 Å². The van der Waals surface area contributed by atoms with Crippen LogP contribution in [0.4, 0.5) is 0 Å². The molecule has 0 saturated carbocycles. The van der Waals surface area contributed by atoms with E-state index in [2.05, 4.69) is 17.1 Å². The summed E-state index contributed by atoms with van der Waals surface area (Å²) in [6, 6.07) is 5.34. The molecule has 0 N–H and O–H groups in total. The van der Waals surface area contributed by atoms with Crippen LogP contribution in [0, 0.1) is 17.2 Å². The first kappa shape index (κ1) is 19.7. The Hall–Kier alpha value is -2.28. The Morgan fingerprint density at radius 1 is 1.37 bits per heavy atom. The van der Waals surface area contributed by atoms with Gasteiger partial charge in [0.05, 0.1) is 18.0 Å². The van der Waals surface area contributed by atoms with Crippen LogP contribution >= 0.6 is 23.1 Å². The van der Waals surface area contributed by atoms with Gasteiger partial charge in [-0.1, -0.05) is 6.92 Å². The molecule has 30 heavy (non-hydrogen) atoms. The second-order valence-corrected chi connectivity index (χ2v) is 10.0. The van der Waals surface area contributed by atoms with E-state index in [-0.39, 0.29) is 17.4 Å². The summed E-state index contributed by atoms with van der Waals surface area (Å²) >= 11 is 2.96. The van der Waals surface area contributed by atoms with Gasteiger partial charge in [-0.3, -0.25) is 9.36 Å². The molecule has 0 amide bonds. The number of nitrogens with zero attached hydrogens (tertiary/aromatic N) is 5. The van der Waals surface area contributed by atoms with Crippen molar-refractivity contribution in [3.8, 4) is 6.07 Å². The van der Waals surface area contributed by atoms with Gasteiger partial charge in [0.25, 0.3) is 5.56 Å². The molecule has 9 heteroatoms. The number of thiophene rings is 1. The number of rotatable bonds is 4. The summed E-state index contributed by atoms with van der Waals surface area (Å²) in [6.07, 6.45) is 5.07. The summed E-state index contributed by atoms with van der Waals surface area (Å²) in [6.45, 7) is 3.50. The fraction of sp³-hybridized carbons (Fsp3) is 0.476. The minimum Gasteiger partial charge on any atom is -0.376 e. The third kappa shape index (κ3) is 3.64. The highest BCUT2D eigenvalue weighted by molar-refractivity contribution is 7.99. The van der Waals surface area contributed by atoms with E-state index in [1.165, 1.54) is 22.2 Å². The SMILES string of the molecule is CC1CCc2c(sc3nc(Sc4ccc(C#N)nn4)n(CC4CCCO4)c(=O)c23)C1. The first-order chi connectivity index (χ1) is 14.6. The van der Waals surface area contributed by atoms with Crippen molar-refractivity contribution in [3.63, 3.8) is 0 Å².